The zero-order valence-corrected chi connectivity index (χ0v) is 18.6. The van der Waals surface area contributed by atoms with Crippen molar-refractivity contribution in [1.82, 2.24) is 0 Å². The molecule has 0 atom stereocenters. The molecule has 0 saturated carbocycles. The van der Waals surface area contributed by atoms with Crippen LogP contribution in [0.15, 0.2) is 24.3 Å². The van der Waals surface area contributed by atoms with Crippen molar-refractivity contribution in [2.45, 2.75) is 13.8 Å². The molecule has 0 aromatic heterocycles. The molecule has 2 aromatic rings. The first-order valence-corrected chi connectivity index (χ1v) is 7.08. The van der Waals surface area contributed by atoms with Crippen LogP contribution in [0.5, 0.6) is 11.5 Å². The summed E-state index contributed by atoms with van der Waals surface area (Å²) >= 11 is 0. The van der Waals surface area contributed by atoms with Crippen LogP contribution in [-0.2, 0) is 0 Å². The van der Waals surface area contributed by atoms with E-state index in [0.717, 1.165) is 24.3 Å². The summed E-state index contributed by atoms with van der Waals surface area (Å²) < 4.78 is 0. The maximum Gasteiger partial charge on any atom is 2.00 e. The molecule has 0 N–H and O–H groups in total. The number of hydrogen-bond acceptors (Lipinski definition) is 10. The standard InChI is InChI=1S/2C7H6N2O5.Pb/c2*1-4-6(10)3-2-5(8(11)12)7(4)9(13)14;/h2*2-3,10H,1H3;/q;;+2/p-2. The summed E-state index contributed by atoms with van der Waals surface area (Å²) in [5.41, 5.74) is -3.22. The number of nitro benzene ring substituents is 4. The first kappa shape index (κ1) is 25.6. The molecule has 15 heteroatoms. The van der Waals surface area contributed by atoms with Crippen molar-refractivity contribution in [3.63, 3.8) is 0 Å². The predicted octanol–water partition coefficient (Wildman–Crippen LogP) is 1.39. The van der Waals surface area contributed by atoms with E-state index in [0.29, 0.717) is 0 Å². The van der Waals surface area contributed by atoms with Gasteiger partial charge in [0.15, 0.2) is 0 Å². The molecule has 150 valence electrons. The molecule has 0 aliphatic carbocycles. The van der Waals surface area contributed by atoms with Gasteiger partial charge in [0.2, 0.25) is 0 Å². The van der Waals surface area contributed by atoms with Gasteiger partial charge in [-0.3, -0.25) is 40.5 Å². The minimum absolute atomic E-state index is 0. The molecule has 29 heavy (non-hydrogen) atoms. The molecule has 2 rings (SSSR count). The minimum atomic E-state index is -0.922. The van der Waals surface area contributed by atoms with Crippen LogP contribution in [-0.4, -0.2) is 47.0 Å². The maximum absolute atomic E-state index is 11.0. The van der Waals surface area contributed by atoms with Gasteiger partial charge >= 0.3 is 50.0 Å². The van der Waals surface area contributed by atoms with Crippen molar-refractivity contribution in [1.29, 1.82) is 0 Å². The Labute approximate surface area is 181 Å². The summed E-state index contributed by atoms with van der Waals surface area (Å²) in [6.07, 6.45) is 0. The summed E-state index contributed by atoms with van der Waals surface area (Å²) in [4.78, 5) is 38.1. The Morgan fingerprint density at radius 3 is 1.07 bits per heavy atom. The van der Waals surface area contributed by atoms with Gasteiger partial charge in [-0.05, 0) is 13.8 Å². The fourth-order valence-electron chi connectivity index (χ4n) is 2.09. The van der Waals surface area contributed by atoms with Gasteiger partial charge in [0.25, 0.3) is 0 Å². The predicted molar refractivity (Wildman–Crippen MR) is 93.6 cm³/mol. The number of benzene rings is 2. The van der Waals surface area contributed by atoms with Crippen LogP contribution in [0.25, 0.3) is 0 Å². The zero-order valence-electron chi connectivity index (χ0n) is 14.7. The molecular formula is C14H10N4O10Pb. The molecule has 0 amide bonds. The summed E-state index contributed by atoms with van der Waals surface area (Å²) in [7, 11) is 0. The average Bonchev–Trinajstić information content (AvgIpc) is 2.58. The van der Waals surface area contributed by atoms with Gasteiger partial charge in [0.1, 0.15) is 0 Å². The largest absolute Gasteiger partial charge is 2.00 e. The van der Waals surface area contributed by atoms with E-state index in [4.69, 9.17) is 0 Å². The van der Waals surface area contributed by atoms with Crippen LogP contribution in [0.4, 0.5) is 22.7 Å². The van der Waals surface area contributed by atoms with E-state index in [2.05, 4.69) is 0 Å². The van der Waals surface area contributed by atoms with Crippen LogP contribution < -0.4 is 10.2 Å². The van der Waals surface area contributed by atoms with Crippen LogP contribution in [0.3, 0.4) is 0 Å². The zero-order chi connectivity index (χ0) is 21.8. The van der Waals surface area contributed by atoms with Crippen LogP contribution >= 0.6 is 0 Å². The summed E-state index contributed by atoms with van der Waals surface area (Å²) in [6, 6.07) is 3.57. The van der Waals surface area contributed by atoms with E-state index < -0.39 is 53.9 Å². The fraction of sp³-hybridized carbons (Fsp3) is 0.143. The Kier molecular flexibility index (Phi) is 8.99. The van der Waals surface area contributed by atoms with Gasteiger partial charge in [-0.2, -0.15) is 0 Å². The van der Waals surface area contributed by atoms with E-state index in [9.17, 15) is 50.7 Å². The molecule has 0 heterocycles. The molecule has 0 bridgehead atoms. The van der Waals surface area contributed by atoms with Gasteiger partial charge in [-0.25, -0.2) is 0 Å². The van der Waals surface area contributed by atoms with Crippen molar-refractivity contribution in [2.24, 2.45) is 0 Å². The topological polar surface area (TPSA) is 219 Å². The van der Waals surface area contributed by atoms with Crippen molar-refractivity contribution in [2.75, 3.05) is 0 Å². The van der Waals surface area contributed by atoms with E-state index in [-0.39, 0.29) is 38.4 Å². The SMILES string of the molecule is Cc1c([O-])ccc([N+](=O)[O-])c1[N+](=O)[O-].Cc1c([O-])ccc([N+](=O)[O-])c1[N+](=O)[O-].[Pb+2]. The molecule has 0 saturated heterocycles. The molecule has 0 spiro atoms. The maximum atomic E-state index is 11.0. The molecule has 2 radical (unpaired) electrons. The third-order valence-corrected chi connectivity index (χ3v) is 3.48. The van der Waals surface area contributed by atoms with Gasteiger partial charge in [0, 0.05) is 23.3 Å². The van der Waals surface area contributed by atoms with Gasteiger partial charge in [-0.1, -0.05) is 23.6 Å². The third-order valence-electron chi connectivity index (χ3n) is 3.48. The van der Waals surface area contributed by atoms with Crippen LogP contribution in [0, 0.1) is 54.3 Å². The average molecular weight is 601 g/mol. The Morgan fingerprint density at radius 1 is 0.586 bits per heavy atom. The molecule has 0 unspecified atom stereocenters. The summed E-state index contributed by atoms with van der Waals surface area (Å²) in [5.74, 6) is -1.16. The second-order valence-corrected chi connectivity index (χ2v) is 5.14. The number of nitrogens with zero attached hydrogens (tertiary/aromatic N) is 4. The molecule has 0 aliphatic rings. The van der Waals surface area contributed by atoms with Crippen molar-refractivity contribution >= 4 is 50.0 Å². The number of hydrogen-bond donors (Lipinski definition) is 0. The Morgan fingerprint density at radius 2 is 0.862 bits per heavy atom. The van der Waals surface area contributed by atoms with E-state index in [1.807, 2.05) is 0 Å². The molecule has 2 aromatic carbocycles. The first-order chi connectivity index (χ1) is 12.9. The van der Waals surface area contributed by atoms with Gasteiger partial charge in [0.05, 0.1) is 19.7 Å². The van der Waals surface area contributed by atoms with E-state index in [1.165, 1.54) is 13.8 Å². The van der Waals surface area contributed by atoms with Crippen molar-refractivity contribution < 1.29 is 29.9 Å². The van der Waals surface area contributed by atoms with E-state index in [1.54, 1.807) is 0 Å². The minimum Gasteiger partial charge on any atom is -0.872 e. The monoisotopic (exact) mass is 602 g/mol. The van der Waals surface area contributed by atoms with Crippen molar-refractivity contribution in [3.05, 3.63) is 75.8 Å². The summed E-state index contributed by atoms with van der Waals surface area (Å²) in [6.45, 7) is 2.38. The van der Waals surface area contributed by atoms with Crippen molar-refractivity contribution in [3.8, 4) is 11.5 Å². The molecule has 0 fully saturated rings. The van der Waals surface area contributed by atoms with Gasteiger partial charge in [-0.15, -0.1) is 0 Å². The molecular weight excluding hydrogens is 591 g/mol. The fourth-order valence-corrected chi connectivity index (χ4v) is 2.09. The smallest absolute Gasteiger partial charge is 0.872 e. The normalized spacial score (nSPS) is 9.45. The van der Waals surface area contributed by atoms with Crippen LogP contribution in [0.2, 0.25) is 0 Å². The molecule has 14 nitrogen and oxygen atoms in total. The Bertz CT molecular complexity index is 915. The van der Waals surface area contributed by atoms with E-state index >= 15 is 0 Å². The Hall–Kier alpha value is -3.44. The van der Waals surface area contributed by atoms with Gasteiger partial charge < -0.3 is 10.2 Å². The quantitative estimate of drug-likeness (QED) is 0.278. The number of nitro groups is 4. The second-order valence-electron chi connectivity index (χ2n) is 5.14. The first-order valence-electron chi connectivity index (χ1n) is 7.08. The Balaban J connectivity index is 0.000000523. The second kappa shape index (κ2) is 10.2. The third kappa shape index (κ3) is 5.77. The molecule has 0 aliphatic heterocycles. The summed E-state index contributed by atoms with van der Waals surface area (Å²) in [5, 5.41) is 63.7. The number of rotatable bonds is 4. The van der Waals surface area contributed by atoms with Crippen LogP contribution in [0.1, 0.15) is 11.1 Å².